The molecule has 1 aromatic rings. The third-order valence-electron chi connectivity index (χ3n) is 1.83. The Morgan fingerprint density at radius 1 is 1.12 bits per heavy atom. The van der Waals surface area contributed by atoms with Gasteiger partial charge in [0, 0.05) is 6.54 Å². The van der Waals surface area contributed by atoms with E-state index in [-0.39, 0.29) is 0 Å². The van der Waals surface area contributed by atoms with Gasteiger partial charge in [-0.05, 0) is 24.3 Å². The van der Waals surface area contributed by atoms with E-state index in [1.165, 1.54) is 12.1 Å². The Morgan fingerprint density at radius 2 is 1.75 bits per heavy atom. The quantitative estimate of drug-likeness (QED) is 0.808. The first kappa shape index (κ1) is 12.6. The van der Waals surface area contributed by atoms with Crippen LogP contribution in [0.2, 0.25) is 0 Å². The number of hydrogen-bond donors (Lipinski definition) is 1. The average Bonchev–Trinajstić information content (AvgIpc) is 2.24. The normalized spacial score (nSPS) is 12.0. The molecule has 0 saturated heterocycles. The Kier molecular flexibility index (Phi) is 4.37. The van der Waals surface area contributed by atoms with Crippen molar-refractivity contribution in [1.82, 2.24) is 0 Å². The molecule has 1 aromatic carbocycles. The zero-order chi connectivity index (χ0) is 12.0. The number of nitrogens with two attached hydrogens (primary N) is 1. The maximum absolute atomic E-state index is 12.2. The molecule has 5 heteroatoms. The van der Waals surface area contributed by atoms with Gasteiger partial charge in [-0.1, -0.05) is 12.2 Å². The highest BCUT2D eigenvalue weighted by atomic mass is 19.4. The number of benzene rings is 1. The molecule has 0 saturated carbocycles. The zero-order valence-electron chi connectivity index (χ0n) is 8.50. The lowest BCUT2D eigenvalue weighted by molar-refractivity contribution is -0.137. The van der Waals surface area contributed by atoms with E-state index in [1.54, 1.807) is 12.2 Å². The number of rotatable bonds is 4. The molecule has 2 nitrogen and oxygen atoms in total. The molecule has 0 aromatic heterocycles. The summed E-state index contributed by atoms with van der Waals surface area (Å²) in [7, 11) is 0. The van der Waals surface area contributed by atoms with Gasteiger partial charge in [-0.3, -0.25) is 0 Å². The number of halogens is 3. The molecule has 0 aliphatic carbocycles. The third-order valence-corrected chi connectivity index (χ3v) is 1.83. The minimum Gasteiger partial charge on any atom is -0.490 e. The lowest BCUT2D eigenvalue weighted by Gasteiger charge is -2.07. The second kappa shape index (κ2) is 5.55. The van der Waals surface area contributed by atoms with Crippen molar-refractivity contribution < 1.29 is 17.9 Å². The first-order valence-corrected chi connectivity index (χ1v) is 4.69. The highest BCUT2D eigenvalue weighted by Gasteiger charge is 2.29. The molecule has 0 unspecified atom stereocenters. The van der Waals surface area contributed by atoms with Gasteiger partial charge in [0.05, 0.1) is 5.56 Å². The number of ether oxygens (including phenoxy) is 1. The van der Waals surface area contributed by atoms with Crippen LogP contribution < -0.4 is 10.5 Å². The monoisotopic (exact) mass is 231 g/mol. The van der Waals surface area contributed by atoms with Crippen molar-refractivity contribution in [3.63, 3.8) is 0 Å². The van der Waals surface area contributed by atoms with Crippen LogP contribution in [0.1, 0.15) is 5.56 Å². The lowest BCUT2D eigenvalue weighted by atomic mass is 10.2. The van der Waals surface area contributed by atoms with E-state index in [9.17, 15) is 13.2 Å². The van der Waals surface area contributed by atoms with Crippen LogP contribution in [0.15, 0.2) is 36.4 Å². The molecular weight excluding hydrogens is 219 g/mol. The highest BCUT2D eigenvalue weighted by Crippen LogP contribution is 2.30. The van der Waals surface area contributed by atoms with Crippen LogP contribution in [0, 0.1) is 0 Å². The fraction of sp³-hybridized carbons (Fsp3) is 0.273. The Hall–Kier alpha value is -1.49. The standard InChI is InChI=1S/C11H12F3NO/c12-11(13,14)9-3-5-10(6-4-9)16-8-2-1-7-15/h1-6H,7-8,15H2/b2-1+. The Bertz CT molecular complexity index is 343. The fourth-order valence-corrected chi connectivity index (χ4v) is 1.05. The molecule has 16 heavy (non-hydrogen) atoms. The SMILES string of the molecule is NC/C=C/COc1ccc(C(F)(F)F)cc1. The van der Waals surface area contributed by atoms with Gasteiger partial charge in [0.15, 0.2) is 0 Å². The van der Waals surface area contributed by atoms with Gasteiger partial charge < -0.3 is 10.5 Å². The minimum atomic E-state index is -4.31. The van der Waals surface area contributed by atoms with Gasteiger partial charge in [-0.15, -0.1) is 0 Å². The maximum atomic E-state index is 12.2. The van der Waals surface area contributed by atoms with Gasteiger partial charge in [0.1, 0.15) is 12.4 Å². The summed E-state index contributed by atoms with van der Waals surface area (Å²) in [6.45, 7) is 0.707. The largest absolute Gasteiger partial charge is 0.490 e. The second-order valence-corrected chi connectivity index (χ2v) is 3.04. The summed E-state index contributed by atoms with van der Waals surface area (Å²) in [4.78, 5) is 0. The van der Waals surface area contributed by atoms with Crippen molar-refractivity contribution in [3.8, 4) is 5.75 Å². The third kappa shape index (κ3) is 3.94. The summed E-state index contributed by atoms with van der Waals surface area (Å²) in [6, 6.07) is 4.56. The average molecular weight is 231 g/mol. The Labute approximate surface area is 91.5 Å². The van der Waals surface area contributed by atoms with Crippen molar-refractivity contribution in [2.45, 2.75) is 6.18 Å². The fourth-order valence-electron chi connectivity index (χ4n) is 1.05. The van der Waals surface area contributed by atoms with Gasteiger partial charge in [-0.2, -0.15) is 13.2 Å². The van der Waals surface area contributed by atoms with Crippen LogP contribution in [0.5, 0.6) is 5.75 Å². The molecule has 1 rings (SSSR count). The second-order valence-electron chi connectivity index (χ2n) is 3.04. The van der Waals surface area contributed by atoms with E-state index in [2.05, 4.69) is 0 Å². The summed E-state index contributed by atoms with van der Waals surface area (Å²) in [5.74, 6) is 0.398. The van der Waals surface area contributed by atoms with Crippen molar-refractivity contribution in [3.05, 3.63) is 42.0 Å². The topological polar surface area (TPSA) is 35.2 Å². The molecule has 2 N–H and O–H groups in total. The summed E-state index contributed by atoms with van der Waals surface area (Å²) in [6.07, 6.45) is -0.889. The van der Waals surface area contributed by atoms with Gasteiger partial charge in [0.2, 0.25) is 0 Å². The zero-order valence-corrected chi connectivity index (χ0v) is 8.50. The van der Waals surface area contributed by atoms with Crippen LogP contribution >= 0.6 is 0 Å². The summed E-state index contributed by atoms with van der Waals surface area (Å²) in [5, 5.41) is 0. The van der Waals surface area contributed by atoms with Crippen LogP contribution in [-0.4, -0.2) is 13.2 Å². The molecule has 0 fully saturated rings. The van der Waals surface area contributed by atoms with Crippen LogP contribution in [0.4, 0.5) is 13.2 Å². The first-order valence-electron chi connectivity index (χ1n) is 4.69. The van der Waals surface area contributed by atoms with Crippen LogP contribution in [0.25, 0.3) is 0 Å². The van der Waals surface area contributed by atoms with Crippen molar-refractivity contribution in [2.75, 3.05) is 13.2 Å². The Morgan fingerprint density at radius 3 is 2.25 bits per heavy atom. The first-order chi connectivity index (χ1) is 7.54. The molecule has 88 valence electrons. The molecule has 0 amide bonds. The summed E-state index contributed by atoms with van der Waals surface area (Å²) >= 11 is 0. The van der Waals surface area contributed by atoms with E-state index in [1.807, 2.05) is 0 Å². The predicted octanol–water partition coefficient (Wildman–Crippen LogP) is 2.60. The molecule has 0 aliphatic heterocycles. The molecule has 0 aliphatic rings. The van der Waals surface area contributed by atoms with E-state index in [0.717, 1.165) is 12.1 Å². The molecule has 0 spiro atoms. The van der Waals surface area contributed by atoms with E-state index >= 15 is 0 Å². The number of alkyl halides is 3. The van der Waals surface area contributed by atoms with Gasteiger partial charge >= 0.3 is 6.18 Å². The molecule has 0 bridgehead atoms. The highest BCUT2D eigenvalue weighted by molar-refractivity contribution is 5.28. The van der Waals surface area contributed by atoms with E-state index in [4.69, 9.17) is 10.5 Å². The lowest BCUT2D eigenvalue weighted by Crippen LogP contribution is -2.04. The molecular formula is C11H12F3NO. The summed E-state index contributed by atoms with van der Waals surface area (Å²) < 4.78 is 41.8. The number of hydrogen-bond acceptors (Lipinski definition) is 2. The van der Waals surface area contributed by atoms with E-state index in [0.29, 0.717) is 18.9 Å². The summed E-state index contributed by atoms with van der Waals surface area (Å²) in [5.41, 5.74) is 4.53. The van der Waals surface area contributed by atoms with Crippen molar-refractivity contribution >= 4 is 0 Å². The van der Waals surface area contributed by atoms with Crippen molar-refractivity contribution in [1.29, 1.82) is 0 Å². The predicted molar refractivity (Wildman–Crippen MR) is 55.1 cm³/mol. The van der Waals surface area contributed by atoms with Crippen LogP contribution in [-0.2, 0) is 6.18 Å². The molecule has 0 heterocycles. The molecule has 0 radical (unpaired) electrons. The van der Waals surface area contributed by atoms with Crippen molar-refractivity contribution in [2.24, 2.45) is 5.73 Å². The van der Waals surface area contributed by atoms with E-state index < -0.39 is 11.7 Å². The van der Waals surface area contributed by atoms with Gasteiger partial charge in [-0.25, -0.2) is 0 Å². The Balaban J connectivity index is 2.55. The minimum absolute atomic E-state index is 0.294. The smallest absolute Gasteiger partial charge is 0.416 e. The van der Waals surface area contributed by atoms with Crippen LogP contribution in [0.3, 0.4) is 0 Å². The van der Waals surface area contributed by atoms with Gasteiger partial charge in [0.25, 0.3) is 0 Å². The molecule has 0 atom stereocenters. The maximum Gasteiger partial charge on any atom is 0.416 e.